The molecule has 0 aliphatic heterocycles. The van der Waals surface area contributed by atoms with Gasteiger partial charge in [0.2, 0.25) is 0 Å². The van der Waals surface area contributed by atoms with Gasteiger partial charge in [0.05, 0.1) is 10.0 Å². The maximum atomic E-state index is 9.51. The van der Waals surface area contributed by atoms with E-state index in [-0.39, 0.29) is 12.5 Å². The lowest BCUT2D eigenvalue weighted by atomic mass is 9.85. The second kappa shape index (κ2) is 8.67. The monoisotopic (exact) mass is 354 g/mol. The Morgan fingerprint density at radius 3 is 2.17 bits per heavy atom. The van der Waals surface area contributed by atoms with E-state index in [4.69, 9.17) is 32.7 Å². The molecule has 0 spiro atoms. The SMILES string of the molecule is COC(OC)c1ccccc1[C@@H](CCO)c1ccc(Cl)c(Cl)c1. The van der Waals surface area contributed by atoms with E-state index >= 15 is 0 Å². The molecule has 0 saturated carbocycles. The zero-order valence-corrected chi connectivity index (χ0v) is 14.6. The van der Waals surface area contributed by atoms with Crippen LogP contribution in [0.4, 0.5) is 0 Å². The maximum Gasteiger partial charge on any atom is 0.183 e. The Hall–Kier alpha value is -1.10. The number of hydrogen-bond donors (Lipinski definition) is 1. The van der Waals surface area contributed by atoms with Crippen LogP contribution in [0.5, 0.6) is 0 Å². The van der Waals surface area contributed by atoms with Gasteiger partial charge < -0.3 is 14.6 Å². The minimum atomic E-state index is -0.463. The van der Waals surface area contributed by atoms with E-state index < -0.39 is 6.29 Å². The van der Waals surface area contributed by atoms with Crippen LogP contribution in [-0.4, -0.2) is 25.9 Å². The summed E-state index contributed by atoms with van der Waals surface area (Å²) in [5, 5.41) is 10.5. The topological polar surface area (TPSA) is 38.7 Å². The highest BCUT2D eigenvalue weighted by Gasteiger charge is 2.22. The maximum absolute atomic E-state index is 9.51. The number of hydrogen-bond acceptors (Lipinski definition) is 3. The molecule has 0 saturated heterocycles. The molecule has 2 aromatic rings. The molecule has 0 amide bonds. The van der Waals surface area contributed by atoms with Crippen LogP contribution in [0.2, 0.25) is 10.0 Å². The number of ether oxygens (including phenoxy) is 2. The van der Waals surface area contributed by atoms with Crippen LogP contribution in [0.3, 0.4) is 0 Å². The summed E-state index contributed by atoms with van der Waals surface area (Å²) in [6.45, 7) is 0.0594. The Labute approximate surface area is 146 Å². The summed E-state index contributed by atoms with van der Waals surface area (Å²) in [4.78, 5) is 0. The van der Waals surface area contributed by atoms with Gasteiger partial charge in [-0.15, -0.1) is 0 Å². The van der Waals surface area contributed by atoms with Crippen LogP contribution in [0.1, 0.15) is 35.3 Å². The molecule has 124 valence electrons. The number of methoxy groups -OCH3 is 2. The summed E-state index contributed by atoms with van der Waals surface area (Å²) < 4.78 is 10.8. The third kappa shape index (κ3) is 4.25. The second-order valence-electron chi connectivity index (χ2n) is 5.17. The largest absolute Gasteiger partial charge is 0.396 e. The molecule has 1 atom stereocenters. The number of aliphatic hydroxyl groups is 1. The van der Waals surface area contributed by atoms with Crippen molar-refractivity contribution in [1.82, 2.24) is 0 Å². The molecule has 0 unspecified atom stereocenters. The summed E-state index contributed by atoms with van der Waals surface area (Å²) in [6, 6.07) is 13.4. The second-order valence-corrected chi connectivity index (χ2v) is 5.99. The number of benzene rings is 2. The quantitative estimate of drug-likeness (QED) is 0.725. The van der Waals surface area contributed by atoms with Crippen molar-refractivity contribution in [3.8, 4) is 0 Å². The van der Waals surface area contributed by atoms with Gasteiger partial charge >= 0.3 is 0 Å². The Balaban J connectivity index is 2.51. The van der Waals surface area contributed by atoms with Crippen LogP contribution in [0.25, 0.3) is 0 Å². The smallest absolute Gasteiger partial charge is 0.183 e. The molecule has 0 aliphatic carbocycles. The highest BCUT2D eigenvalue weighted by Crippen LogP contribution is 2.36. The summed E-state index contributed by atoms with van der Waals surface area (Å²) in [7, 11) is 3.20. The molecule has 1 N–H and O–H groups in total. The van der Waals surface area contributed by atoms with Crippen molar-refractivity contribution >= 4 is 23.2 Å². The van der Waals surface area contributed by atoms with Gasteiger partial charge in [0.15, 0.2) is 6.29 Å². The zero-order valence-electron chi connectivity index (χ0n) is 13.1. The first kappa shape index (κ1) is 18.2. The van der Waals surface area contributed by atoms with E-state index in [1.807, 2.05) is 36.4 Å². The van der Waals surface area contributed by atoms with E-state index in [1.54, 1.807) is 20.3 Å². The van der Waals surface area contributed by atoms with Crippen molar-refractivity contribution < 1.29 is 14.6 Å². The zero-order chi connectivity index (χ0) is 16.8. The van der Waals surface area contributed by atoms with E-state index in [0.717, 1.165) is 16.7 Å². The summed E-state index contributed by atoms with van der Waals surface area (Å²) in [5.41, 5.74) is 2.96. The van der Waals surface area contributed by atoms with Crippen molar-refractivity contribution in [2.24, 2.45) is 0 Å². The van der Waals surface area contributed by atoms with Gasteiger partial charge in [0, 0.05) is 32.3 Å². The van der Waals surface area contributed by atoms with E-state index in [2.05, 4.69) is 0 Å². The van der Waals surface area contributed by atoms with Gasteiger partial charge in [-0.2, -0.15) is 0 Å². The van der Waals surface area contributed by atoms with Crippen molar-refractivity contribution in [3.63, 3.8) is 0 Å². The molecule has 0 heterocycles. The number of rotatable bonds is 7. The fraction of sp³-hybridized carbons (Fsp3) is 0.333. The molecular formula is C18H20Cl2O3. The molecule has 0 fully saturated rings. The van der Waals surface area contributed by atoms with Gasteiger partial charge in [0.25, 0.3) is 0 Å². The third-order valence-electron chi connectivity index (χ3n) is 3.82. The standard InChI is InChI=1S/C18H20Cl2O3/c1-22-18(23-2)15-6-4-3-5-14(15)13(9-10-21)12-7-8-16(19)17(20)11-12/h3-8,11,13,18,21H,9-10H2,1-2H3/t13-/m0/s1. The van der Waals surface area contributed by atoms with Crippen LogP contribution < -0.4 is 0 Å². The van der Waals surface area contributed by atoms with Crippen molar-refractivity contribution in [2.75, 3.05) is 20.8 Å². The molecule has 3 nitrogen and oxygen atoms in total. The highest BCUT2D eigenvalue weighted by molar-refractivity contribution is 6.42. The van der Waals surface area contributed by atoms with Gasteiger partial charge in [-0.05, 0) is 29.7 Å². The van der Waals surface area contributed by atoms with Crippen LogP contribution in [0.15, 0.2) is 42.5 Å². The van der Waals surface area contributed by atoms with Crippen LogP contribution in [0, 0.1) is 0 Å². The highest BCUT2D eigenvalue weighted by atomic mass is 35.5. The number of halogens is 2. The number of aliphatic hydroxyl groups excluding tert-OH is 1. The molecular weight excluding hydrogens is 335 g/mol. The Morgan fingerprint density at radius 2 is 1.61 bits per heavy atom. The van der Waals surface area contributed by atoms with Crippen molar-refractivity contribution in [3.05, 3.63) is 69.2 Å². The molecule has 0 aliphatic rings. The van der Waals surface area contributed by atoms with Gasteiger partial charge in [-0.3, -0.25) is 0 Å². The summed E-state index contributed by atoms with van der Waals surface area (Å²) in [6.07, 6.45) is 0.102. The lowest BCUT2D eigenvalue weighted by Crippen LogP contribution is -2.12. The lowest BCUT2D eigenvalue weighted by molar-refractivity contribution is -0.106. The predicted octanol–water partition coefficient (Wildman–Crippen LogP) is 4.80. The van der Waals surface area contributed by atoms with E-state index in [9.17, 15) is 5.11 Å². The Morgan fingerprint density at radius 1 is 0.957 bits per heavy atom. The Kier molecular flexibility index (Phi) is 6.88. The normalized spacial score (nSPS) is 12.6. The average molecular weight is 355 g/mol. The third-order valence-corrected chi connectivity index (χ3v) is 4.56. The van der Waals surface area contributed by atoms with Crippen molar-refractivity contribution in [1.29, 1.82) is 0 Å². The summed E-state index contributed by atoms with van der Waals surface area (Å²) in [5.74, 6) is -0.0289. The first-order chi connectivity index (χ1) is 11.1. The van der Waals surface area contributed by atoms with E-state index in [0.29, 0.717) is 16.5 Å². The molecule has 2 aromatic carbocycles. The predicted molar refractivity (Wildman–Crippen MR) is 93.2 cm³/mol. The fourth-order valence-electron chi connectivity index (χ4n) is 2.75. The summed E-state index contributed by atoms with van der Waals surface area (Å²) >= 11 is 12.2. The van der Waals surface area contributed by atoms with Crippen LogP contribution in [-0.2, 0) is 9.47 Å². The minimum absolute atomic E-state index is 0.0289. The molecule has 2 rings (SSSR count). The van der Waals surface area contributed by atoms with Crippen LogP contribution >= 0.6 is 23.2 Å². The molecule has 0 bridgehead atoms. The first-order valence-corrected chi connectivity index (χ1v) is 8.08. The molecule has 0 aromatic heterocycles. The molecule has 5 heteroatoms. The molecule has 0 radical (unpaired) electrons. The fourth-order valence-corrected chi connectivity index (χ4v) is 3.06. The van der Waals surface area contributed by atoms with E-state index in [1.165, 1.54) is 0 Å². The van der Waals surface area contributed by atoms with Gasteiger partial charge in [-0.1, -0.05) is 53.5 Å². The lowest BCUT2D eigenvalue weighted by Gasteiger charge is -2.24. The first-order valence-electron chi connectivity index (χ1n) is 7.32. The minimum Gasteiger partial charge on any atom is -0.396 e. The van der Waals surface area contributed by atoms with Crippen molar-refractivity contribution in [2.45, 2.75) is 18.6 Å². The molecule has 23 heavy (non-hydrogen) atoms. The van der Waals surface area contributed by atoms with Gasteiger partial charge in [-0.25, -0.2) is 0 Å². The van der Waals surface area contributed by atoms with Gasteiger partial charge in [0.1, 0.15) is 0 Å². The average Bonchev–Trinajstić information content (AvgIpc) is 2.57. The Bertz CT molecular complexity index is 642.